The highest BCUT2D eigenvalue weighted by Gasteiger charge is 2.14. The zero-order valence-corrected chi connectivity index (χ0v) is 11.5. The smallest absolute Gasteiger partial charge is 0.244 e. The van der Waals surface area contributed by atoms with Crippen molar-refractivity contribution in [3.63, 3.8) is 0 Å². The van der Waals surface area contributed by atoms with Crippen molar-refractivity contribution in [1.29, 1.82) is 0 Å². The first-order valence-corrected chi connectivity index (χ1v) is 7.05. The lowest BCUT2D eigenvalue weighted by Gasteiger charge is -2.11. The van der Waals surface area contributed by atoms with Gasteiger partial charge >= 0.3 is 0 Å². The van der Waals surface area contributed by atoms with Crippen LogP contribution in [0.2, 0.25) is 0 Å². The van der Waals surface area contributed by atoms with Crippen LogP contribution in [0.1, 0.15) is 13.0 Å². The van der Waals surface area contributed by atoms with Gasteiger partial charge < -0.3 is 5.32 Å². The fourth-order valence-electron chi connectivity index (χ4n) is 1.55. The molecule has 0 bridgehead atoms. The second-order valence-electron chi connectivity index (χ2n) is 4.00. The molecule has 1 aromatic carbocycles. The number of carbonyl (C=O) groups is 1. The lowest BCUT2D eigenvalue weighted by Crippen LogP contribution is -2.32. The summed E-state index contributed by atoms with van der Waals surface area (Å²) >= 11 is 1.72. The normalized spacial score (nSPS) is 12.1. The highest BCUT2D eigenvalue weighted by molar-refractivity contribution is 7.99. The summed E-state index contributed by atoms with van der Waals surface area (Å²) in [6.45, 7) is 2.44. The van der Waals surface area contributed by atoms with Crippen LogP contribution in [0.5, 0.6) is 0 Å². The first-order valence-electron chi connectivity index (χ1n) is 6.07. The summed E-state index contributed by atoms with van der Waals surface area (Å²) in [5.74, 6) is 0.805. The molecule has 2 rings (SSSR count). The van der Waals surface area contributed by atoms with E-state index in [1.54, 1.807) is 29.7 Å². The van der Waals surface area contributed by atoms with Crippen molar-refractivity contribution in [3.05, 3.63) is 43.0 Å². The van der Waals surface area contributed by atoms with Crippen molar-refractivity contribution in [2.45, 2.75) is 17.9 Å². The van der Waals surface area contributed by atoms with E-state index in [0.717, 1.165) is 5.75 Å². The van der Waals surface area contributed by atoms with E-state index in [-0.39, 0.29) is 11.9 Å². The number of nitrogens with one attached hydrogen (secondary N) is 1. The zero-order chi connectivity index (χ0) is 13.5. The third-order valence-corrected chi connectivity index (χ3v) is 3.64. The molecule has 0 aliphatic heterocycles. The summed E-state index contributed by atoms with van der Waals surface area (Å²) in [5, 5.41) is 6.85. The van der Waals surface area contributed by atoms with Gasteiger partial charge in [-0.2, -0.15) is 5.10 Å². The van der Waals surface area contributed by atoms with Crippen molar-refractivity contribution >= 4 is 17.7 Å². The molecule has 0 aliphatic carbocycles. The number of thioether (sulfide) groups is 1. The molecule has 2 aromatic rings. The van der Waals surface area contributed by atoms with Gasteiger partial charge in [-0.1, -0.05) is 18.2 Å². The van der Waals surface area contributed by atoms with Crippen LogP contribution in [0.3, 0.4) is 0 Å². The Labute approximate surface area is 116 Å². The lowest BCUT2D eigenvalue weighted by molar-refractivity contribution is -0.124. The Morgan fingerprint density at radius 1 is 1.42 bits per heavy atom. The number of benzene rings is 1. The highest BCUT2D eigenvalue weighted by atomic mass is 32.2. The molecule has 0 radical (unpaired) electrons. The second kappa shape index (κ2) is 6.94. The lowest BCUT2D eigenvalue weighted by atomic mass is 10.3. The van der Waals surface area contributed by atoms with Crippen LogP contribution >= 0.6 is 11.8 Å². The molecule has 0 unspecified atom stereocenters. The fraction of sp³-hybridized carbons (Fsp3) is 0.308. The number of hydrogen-bond acceptors (Lipinski definition) is 4. The Bertz CT molecular complexity index is 501. The largest absolute Gasteiger partial charge is 0.353 e. The zero-order valence-electron chi connectivity index (χ0n) is 10.7. The third kappa shape index (κ3) is 4.10. The molecule has 1 aromatic heterocycles. The predicted octanol–water partition coefficient (Wildman–Crippen LogP) is 1.75. The molecule has 6 heteroatoms. The minimum atomic E-state index is -0.329. The van der Waals surface area contributed by atoms with Crippen molar-refractivity contribution in [1.82, 2.24) is 20.1 Å². The molecule has 1 heterocycles. The van der Waals surface area contributed by atoms with Gasteiger partial charge in [-0.05, 0) is 19.1 Å². The Morgan fingerprint density at radius 3 is 2.89 bits per heavy atom. The quantitative estimate of drug-likeness (QED) is 0.645. The van der Waals surface area contributed by atoms with Gasteiger partial charge in [0.1, 0.15) is 18.7 Å². The molecular weight excluding hydrogens is 260 g/mol. The number of nitrogens with zero attached hydrogens (tertiary/aromatic N) is 3. The molecule has 19 heavy (non-hydrogen) atoms. The minimum absolute atomic E-state index is 0.0424. The highest BCUT2D eigenvalue weighted by Crippen LogP contribution is 2.15. The number of amides is 1. The van der Waals surface area contributed by atoms with E-state index in [0.29, 0.717) is 6.54 Å². The summed E-state index contributed by atoms with van der Waals surface area (Å²) in [7, 11) is 0. The van der Waals surface area contributed by atoms with E-state index in [1.807, 2.05) is 18.2 Å². The van der Waals surface area contributed by atoms with E-state index < -0.39 is 0 Å². The fourth-order valence-corrected chi connectivity index (χ4v) is 2.33. The van der Waals surface area contributed by atoms with E-state index in [9.17, 15) is 4.79 Å². The summed E-state index contributed by atoms with van der Waals surface area (Å²) < 4.78 is 1.54. The monoisotopic (exact) mass is 276 g/mol. The molecule has 0 aliphatic rings. The summed E-state index contributed by atoms with van der Waals surface area (Å²) in [6.07, 6.45) is 2.97. The molecule has 5 nitrogen and oxygen atoms in total. The van der Waals surface area contributed by atoms with Gasteiger partial charge in [-0.15, -0.1) is 11.8 Å². The van der Waals surface area contributed by atoms with Crippen molar-refractivity contribution in [2.75, 3.05) is 12.3 Å². The molecule has 0 spiro atoms. The first kappa shape index (κ1) is 13.6. The van der Waals surface area contributed by atoms with Crippen LogP contribution < -0.4 is 5.32 Å². The van der Waals surface area contributed by atoms with Gasteiger partial charge in [0.15, 0.2) is 0 Å². The van der Waals surface area contributed by atoms with Gasteiger partial charge in [0, 0.05) is 17.2 Å². The molecular formula is C13H16N4OS. The van der Waals surface area contributed by atoms with E-state index in [4.69, 9.17) is 0 Å². The maximum atomic E-state index is 11.8. The SMILES string of the molecule is C[C@H](C(=O)NCCSc1ccccc1)n1cncn1. The standard InChI is InChI=1S/C13H16N4OS/c1-11(17-10-14-9-16-17)13(18)15-7-8-19-12-5-3-2-4-6-12/h2-6,9-11H,7-8H2,1H3,(H,15,18)/t11-/m1/s1. The molecule has 1 atom stereocenters. The number of hydrogen-bond donors (Lipinski definition) is 1. The molecule has 1 N–H and O–H groups in total. The average molecular weight is 276 g/mol. The van der Waals surface area contributed by atoms with E-state index in [1.165, 1.54) is 11.2 Å². The van der Waals surface area contributed by atoms with Crippen molar-refractivity contribution in [3.8, 4) is 0 Å². The average Bonchev–Trinajstić information content (AvgIpc) is 2.98. The molecule has 0 saturated heterocycles. The molecule has 100 valence electrons. The van der Waals surface area contributed by atoms with E-state index >= 15 is 0 Å². The number of carbonyl (C=O) groups excluding carboxylic acids is 1. The van der Waals surface area contributed by atoms with Crippen molar-refractivity contribution in [2.24, 2.45) is 0 Å². The predicted molar refractivity (Wildman–Crippen MR) is 74.9 cm³/mol. The summed E-state index contributed by atoms with van der Waals surface area (Å²) in [6, 6.07) is 9.80. The second-order valence-corrected chi connectivity index (χ2v) is 5.17. The molecule has 0 fully saturated rings. The maximum Gasteiger partial charge on any atom is 0.244 e. The topological polar surface area (TPSA) is 59.8 Å². The van der Waals surface area contributed by atoms with Gasteiger partial charge in [0.2, 0.25) is 5.91 Å². The third-order valence-electron chi connectivity index (χ3n) is 2.63. The van der Waals surface area contributed by atoms with E-state index in [2.05, 4.69) is 27.5 Å². The minimum Gasteiger partial charge on any atom is -0.353 e. The Hall–Kier alpha value is -1.82. The number of rotatable bonds is 6. The van der Waals surface area contributed by atoms with Crippen LogP contribution in [-0.4, -0.2) is 33.0 Å². The molecule has 0 saturated carbocycles. The van der Waals surface area contributed by atoms with Gasteiger partial charge in [-0.3, -0.25) is 4.79 Å². The Kier molecular flexibility index (Phi) is 4.97. The van der Waals surface area contributed by atoms with Crippen LogP contribution in [0.4, 0.5) is 0 Å². The van der Waals surface area contributed by atoms with Crippen LogP contribution in [0.25, 0.3) is 0 Å². The van der Waals surface area contributed by atoms with Crippen LogP contribution in [0.15, 0.2) is 47.9 Å². The van der Waals surface area contributed by atoms with Gasteiger partial charge in [0.25, 0.3) is 0 Å². The molecule has 1 amide bonds. The van der Waals surface area contributed by atoms with Crippen molar-refractivity contribution < 1.29 is 4.79 Å². The van der Waals surface area contributed by atoms with Gasteiger partial charge in [0.05, 0.1) is 0 Å². The maximum absolute atomic E-state index is 11.8. The first-order chi connectivity index (χ1) is 9.27. The van der Waals surface area contributed by atoms with Crippen LogP contribution in [-0.2, 0) is 4.79 Å². The summed E-state index contributed by atoms with van der Waals surface area (Å²) in [4.78, 5) is 16.9. The summed E-state index contributed by atoms with van der Waals surface area (Å²) in [5.41, 5.74) is 0. The Balaban J connectivity index is 1.70. The van der Waals surface area contributed by atoms with Crippen LogP contribution in [0, 0.1) is 0 Å². The Morgan fingerprint density at radius 2 is 2.21 bits per heavy atom. The van der Waals surface area contributed by atoms with Gasteiger partial charge in [-0.25, -0.2) is 9.67 Å². The number of aromatic nitrogens is 3.